The summed E-state index contributed by atoms with van der Waals surface area (Å²) in [6.07, 6.45) is 2.36. The molecule has 4 nitrogen and oxygen atoms in total. The van der Waals surface area contributed by atoms with E-state index in [9.17, 15) is 9.59 Å². The molecule has 1 N–H and O–H groups in total. The smallest absolute Gasteiger partial charge is 0.224 e. The van der Waals surface area contributed by atoms with Crippen molar-refractivity contribution in [3.63, 3.8) is 0 Å². The molecule has 0 fully saturated rings. The molecule has 0 saturated heterocycles. The van der Waals surface area contributed by atoms with E-state index in [0.29, 0.717) is 13.0 Å². The first kappa shape index (κ1) is 13.9. The topological polar surface area (TPSA) is 49.4 Å². The summed E-state index contributed by atoms with van der Waals surface area (Å²) >= 11 is 0. The van der Waals surface area contributed by atoms with Gasteiger partial charge in [0.1, 0.15) is 0 Å². The van der Waals surface area contributed by atoms with Gasteiger partial charge in [0.15, 0.2) is 0 Å². The van der Waals surface area contributed by atoms with Crippen molar-refractivity contribution in [3.8, 4) is 0 Å². The Morgan fingerprint density at radius 1 is 1.13 bits per heavy atom. The van der Waals surface area contributed by atoms with Gasteiger partial charge in [-0.15, -0.1) is 0 Å². The van der Waals surface area contributed by atoms with Crippen LogP contribution < -0.4 is 5.32 Å². The number of nitrogens with zero attached hydrogens (tertiary/aromatic N) is 1. The van der Waals surface area contributed by atoms with Crippen molar-refractivity contribution in [3.05, 3.63) is 0 Å². The molecule has 4 heteroatoms. The molecule has 0 unspecified atom stereocenters. The van der Waals surface area contributed by atoms with Crippen molar-refractivity contribution >= 4 is 11.8 Å². The second-order valence-corrected chi connectivity index (χ2v) is 3.61. The molecule has 0 aromatic carbocycles. The summed E-state index contributed by atoms with van der Waals surface area (Å²) in [5.74, 6) is 0.0489. The molecule has 15 heavy (non-hydrogen) atoms. The third-order valence-electron chi connectivity index (χ3n) is 2.05. The van der Waals surface area contributed by atoms with Gasteiger partial charge in [0.05, 0.1) is 0 Å². The Hall–Kier alpha value is -1.06. The molecule has 0 aliphatic carbocycles. The molecule has 0 aromatic heterocycles. The van der Waals surface area contributed by atoms with Gasteiger partial charge in [-0.05, 0) is 12.8 Å². The lowest BCUT2D eigenvalue weighted by Gasteiger charge is -2.21. The molecule has 2 amide bonds. The van der Waals surface area contributed by atoms with Crippen LogP contribution in [-0.4, -0.2) is 36.3 Å². The van der Waals surface area contributed by atoms with E-state index in [0.717, 1.165) is 25.9 Å². The predicted molar refractivity (Wildman–Crippen MR) is 60.5 cm³/mol. The minimum atomic E-state index is -0.0830. The molecule has 0 atom stereocenters. The van der Waals surface area contributed by atoms with Gasteiger partial charge in [0.25, 0.3) is 0 Å². The molecule has 0 rings (SSSR count). The van der Waals surface area contributed by atoms with E-state index in [4.69, 9.17) is 0 Å². The van der Waals surface area contributed by atoms with Crippen molar-refractivity contribution in [2.75, 3.05) is 19.6 Å². The van der Waals surface area contributed by atoms with Crippen LogP contribution in [-0.2, 0) is 9.59 Å². The van der Waals surface area contributed by atoms with Crippen LogP contribution in [0.5, 0.6) is 0 Å². The Kier molecular flexibility index (Phi) is 7.68. The van der Waals surface area contributed by atoms with Crippen LogP contribution in [0.3, 0.4) is 0 Å². The second-order valence-electron chi connectivity index (χ2n) is 3.61. The fourth-order valence-electron chi connectivity index (χ4n) is 1.40. The van der Waals surface area contributed by atoms with E-state index in [1.54, 1.807) is 0 Å². The van der Waals surface area contributed by atoms with Crippen LogP contribution >= 0.6 is 0 Å². The summed E-state index contributed by atoms with van der Waals surface area (Å²) in [5, 5.41) is 2.63. The summed E-state index contributed by atoms with van der Waals surface area (Å²) in [5.41, 5.74) is 0. The van der Waals surface area contributed by atoms with Crippen LogP contribution in [0.25, 0.3) is 0 Å². The molecule has 88 valence electrons. The molecule has 0 spiro atoms. The van der Waals surface area contributed by atoms with Crippen LogP contribution in [0.2, 0.25) is 0 Å². The van der Waals surface area contributed by atoms with Crippen LogP contribution in [0, 0.1) is 0 Å². The lowest BCUT2D eigenvalue weighted by atomic mass is 10.3. The number of carbonyl (C=O) groups is 2. The van der Waals surface area contributed by atoms with E-state index < -0.39 is 0 Å². The van der Waals surface area contributed by atoms with Gasteiger partial charge in [-0.2, -0.15) is 0 Å². The Labute approximate surface area is 92.0 Å². The van der Waals surface area contributed by atoms with Crippen LogP contribution in [0.1, 0.15) is 40.0 Å². The van der Waals surface area contributed by atoms with Gasteiger partial charge in [-0.3, -0.25) is 9.59 Å². The van der Waals surface area contributed by atoms with Gasteiger partial charge >= 0.3 is 0 Å². The van der Waals surface area contributed by atoms with Crippen molar-refractivity contribution in [1.82, 2.24) is 10.2 Å². The molecule has 0 aliphatic rings. The van der Waals surface area contributed by atoms with Crippen LogP contribution in [0.4, 0.5) is 0 Å². The summed E-state index contributed by atoms with van der Waals surface area (Å²) < 4.78 is 0. The Balaban J connectivity index is 3.85. The van der Waals surface area contributed by atoms with Crippen LogP contribution in [0.15, 0.2) is 0 Å². The third-order valence-corrected chi connectivity index (χ3v) is 2.05. The van der Waals surface area contributed by atoms with E-state index in [1.807, 2.05) is 4.90 Å². The van der Waals surface area contributed by atoms with E-state index in [2.05, 4.69) is 19.2 Å². The van der Waals surface area contributed by atoms with Gasteiger partial charge < -0.3 is 10.2 Å². The quantitative estimate of drug-likeness (QED) is 0.691. The maximum atomic E-state index is 11.7. The second kappa shape index (κ2) is 8.26. The van der Waals surface area contributed by atoms with Gasteiger partial charge in [0, 0.05) is 33.0 Å². The molecular weight excluding hydrogens is 192 g/mol. The first-order valence-electron chi connectivity index (χ1n) is 5.64. The maximum Gasteiger partial charge on any atom is 0.224 e. The standard InChI is InChI=1S/C11H22N2O2/c1-4-8-13(9-5-2)11(15)6-7-12-10(3)14/h4-9H2,1-3H3,(H,12,14). The molecule has 0 radical (unpaired) electrons. The summed E-state index contributed by atoms with van der Waals surface area (Å²) in [4.78, 5) is 24.2. The number of hydrogen-bond donors (Lipinski definition) is 1. The Bertz CT molecular complexity index is 199. The molecule has 0 heterocycles. The van der Waals surface area contributed by atoms with Crippen molar-refractivity contribution < 1.29 is 9.59 Å². The fraction of sp³-hybridized carbons (Fsp3) is 0.818. The molecule has 0 saturated carbocycles. The highest BCUT2D eigenvalue weighted by atomic mass is 16.2. The number of carbonyl (C=O) groups excluding carboxylic acids is 2. The molecular formula is C11H22N2O2. The number of hydrogen-bond acceptors (Lipinski definition) is 2. The predicted octanol–water partition coefficient (Wildman–Crippen LogP) is 1.16. The highest BCUT2D eigenvalue weighted by molar-refractivity contribution is 5.78. The summed E-state index contributed by atoms with van der Waals surface area (Å²) in [7, 11) is 0. The molecule has 0 aromatic rings. The largest absolute Gasteiger partial charge is 0.356 e. The zero-order chi connectivity index (χ0) is 11.7. The average molecular weight is 214 g/mol. The first-order valence-corrected chi connectivity index (χ1v) is 5.64. The maximum absolute atomic E-state index is 11.7. The monoisotopic (exact) mass is 214 g/mol. The van der Waals surface area contributed by atoms with Crippen molar-refractivity contribution in [2.24, 2.45) is 0 Å². The summed E-state index contributed by atoms with van der Waals surface area (Å²) in [6, 6.07) is 0. The Morgan fingerprint density at radius 2 is 1.67 bits per heavy atom. The number of rotatable bonds is 7. The fourth-order valence-corrected chi connectivity index (χ4v) is 1.40. The average Bonchev–Trinajstić information content (AvgIpc) is 2.16. The minimum Gasteiger partial charge on any atom is -0.356 e. The SMILES string of the molecule is CCCN(CCC)C(=O)CCNC(C)=O. The van der Waals surface area contributed by atoms with Gasteiger partial charge in [-0.1, -0.05) is 13.8 Å². The highest BCUT2D eigenvalue weighted by Crippen LogP contribution is 1.97. The minimum absolute atomic E-state index is 0.0830. The lowest BCUT2D eigenvalue weighted by Crippen LogP contribution is -2.35. The van der Waals surface area contributed by atoms with E-state index in [1.165, 1.54) is 6.92 Å². The Morgan fingerprint density at radius 3 is 2.07 bits per heavy atom. The van der Waals surface area contributed by atoms with Crippen molar-refractivity contribution in [1.29, 1.82) is 0 Å². The van der Waals surface area contributed by atoms with E-state index in [-0.39, 0.29) is 11.8 Å². The van der Waals surface area contributed by atoms with E-state index >= 15 is 0 Å². The molecule has 0 aliphatic heterocycles. The lowest BCUT2D eigenvalue weighted by molar-refractivity contribution is -0.131. The van der Waals surface area contributed by atoms with Gasteiger partial charge in [-0.25, -0.2) is 0 Å². The summed E-state index contributed by atoms with van der Waals surface area (Å²) in [6.45, 7) is 7.64. The molecule has 0 bridgehead atoms. The first-order chi connectivity index (χ1) is 7.11. The normalized spacial score (nSPS) is 9.80. The van der Waals surface area contributed by atoms with Gasteiger partial charge in [0.2, 0.25) is 11.8 Å². The highest BCUT2D eigenvalue weighted by Gasteiger charge is 2.10. The third kappa shape index (κ3) is 6.94. The zero-order valence-electron chi connectivity index (χ0n) is 10.0. The number of nitrogens with one attached hydrogen (secondary N) is 1. The van der Waals surface area contributed by atoms with Crippen molar-refractivity contribution in [2.45, 2.75) is 40.0 Å². The number of amides is 2. The zero-order valence-corrected chi connectivity index (χ0v) is 10.0.